The predicted molar refractivity (Wildman–Crippen MR) is 72.8 cm³/mol. The number of rotatable bonds is 2. The molecule has 1 atom stereocenters. The minimum atomic E-state index is -0.0640. The second-order valence-corrected chi connectivity index (χ2v) is 5.12. The van der Waals surface area contributed by atoms with Crippen molar-refractivity contribution >= 4 is 23.0 Å². The van der Waals surface area contributed by atoms with Crippen molar-refractivity contribution in [3.63, 3.8) is 0 Å². The zero-order valence-corrected chi connectivity index (χ0v) is 10.7. The quantitative estimate of drug-likeness (QED) is 0.777. The lowest BCUT2D eigenvalue weighted by atomic mass is 10.1. The third-order valence-corrected chi connectivity index (χ3v) is 3.93. The molecule has 5 nitrogen and oxygen atoms in total. The summed E-state index contributed by atoms with van der Waals surface area (Å²) in [5.74, 6) is 1.58. The standard InChI is InChI=1S/C13H10N4OS/c1-3-11(18-5-1)10-7-9(12-4-2-6-19-12)16-13-14-8-15-17(10)13/h1-8,10H,(H,14,15,16)/t10-/m0/s1. The molecular formula is C13H10N4OS. The van der Waals surface area contributed by atoms with Crippen LogP contribution in [-0.4, -0.2) is 14.8 Å². The number of furan rings is 1. The van der Waals surface area contributed by atoms with Gasteiger partial charge >= 0.3 is 0 Å². The number of nitrogens with one attached hydrogen (secondary N) is 1. The maximum absolute atomic E-state index is 5.51. The first kappa shape index (κ1) is 10.6. The summed E-state index contributed by atoms with van der Waals surface area (Å²) in [7, 11) is 0. The van der Waals surface area contributed by atoms with Crippen LogP contribution >= 0.6 is 11.3 Å². The Labute approximate surface area is 113 Å². The summed E-state index contributed by atoms with van der Waals surface area (Å²) in [6.07, 6.45) is 5.32. The Morgan fingerprint density at radius 1 is 1.32 bits per heavy atom. The summed E-state index contributed by atoms with van der Waals surface area (Å²) < 4.78 is 7.32. The van der Waals surface area contributed by atoms with Crippen molar-refractivity contribution in [1.82, 2.24) is 14.8 Å². The molecule has 1 aliphatic rings. The van der Waals surface area contributed by atoms with Gasteiger partial charge in [-0.2, -0.15) is 10.1 Å². The van der Waals surface area contributed by atoms with E-state index in [1.165, 1.54) is 4.88 Å². The van der Waals surface area contributed by atoms with Crippen LogP contribution in [0.25, 0.3) is 5.70 Å². The van der Waals surface area contributed by atoms with Crippen LogP contribution in [0, 0.1) is 0 Å². The van der Waals surface area contributed by atoms with Gasteiger partial charge in [0.25, 0.3) is 0 Å². The summed E-state index contributed by atoms with van der Waals surface area (Å²) in [5.41, 5.74) is 1.04. The first-order chi connectivity index (χ1) is 9.42. The number of anilines is 1. The van der Waals surface area contributed by atoms with Crippen molar-refractivity contribution in [3.8, 4) is 0 Å². The van der Waals surface area contributed by atoms with Gasteiger partial charge in [-0.15, -0.1) is 11.3 Å². The molecular weight excluding hydrogens is 260 g/mol. The Kier molecular flexibility index (Phi) is 2.28. The smallest absolute Gasteiger partial charge is 0.226 e. The van der Waals surface area contributed by atoms with Gasteiger partial charge in [-0.25, -0.2) is 4.68 Å². The summed E-state index contributed by atoms with van der Waals surface area (Å²) in [6.45, 7) is 0. The van der Waals surface area contributed by atoms with E-state index in [1.54, 1.807) is 23.9 Å². The van der Waals surface area contributed by atoms with Crippen LogP contribution in [0.15, 0.2) is 52.7 Å². The Hall–Kier alpha value is -2.34. The number of hydrogen-bond donors (Lipinski definition) is 1. The van der Waals surface area contributed by atoms with Crippen molar-refractivity contribution < 1.29 is 4.42 Å². The highest BCUT2D eigenvalue weighted by atomic mass is 32.1. The molecule has 0 radical (unpaired) electrons. The second-order valence-electron chi connectivity index (χ2n) is 4.17. The Balaban J connectivity index is 1.84. The van der Waals surface area contributed by atoms with Gasteiger partial charge in [0.05, 0.1) is 16.8 Å². The lowest BCUT2D eigenvalue weighted by Crippen LogP contribution is -2.19. The van der Waals surface area contributed by atoms with Crippen molar-refractivity contribution in [1.29, 1.82) is 0 Å². The number of hydrogen-bond acceptors (Lipinski definition) is 5. The molecule has 0 aromatic carbocycles. The maximum Gasteiger partial charge on any atom is 0.226 e. The minimum absolute atomic E-state index is 0.0640. The Morgan fingerprint density at radius 3 is 3.11 bits per heavy atom. The monoisotopic (exact) mass is 270 g/mol. The van der Waals surface area contributed by atoms with Crippen LogP contribution < -0.4 is 5.32 Å². The fourth-order valence-corrected chi connectivity index (χ4v) is 2.88. The predicted octanol–water partition coefficient (Wildman–Crippen LogP) is 2.99. The summed E-state index contributed by atoms with van der Waals surface area (Å²) in [4.78, 5) is 5.41. The number of nitrogens with zero attached hydrogens (tertiary/aromatic N) is 3. The van der Waals surface area contributed by atoms with Gasteiger partial charge in [0, 0.05) is 0 Å². The molecule has 0 saturated carbocycles. The summed E-state index contributed by atoms with van der Waals surface area (Å²) >= 11 is 1.69. The highest BCUT2D eigenvalue weighted by molar-refractivity contribution is 7.11. The van der Waals surface area contributed by atoms with Gasteiger partial charge in [-0.1, -0.05) is 6.07 Å². The fraction of sp³-hybridized carbons (Fsp3) is 0.0769. The molecule has 1 N–H and O–H groups in total. The molecule has 0 saturated heterocycles. The molecule has 4 rings (SSSR count). The van der Waals surface area contributed by atoms with Crippen LogP contribution in [0.2, 0.25) is 0 Å². The molecule has 0 unspecified atom stereocenters. The van der Waals surface area contributed by atoms with E-state index in [1.807, 2.05) is 22.9 Å². The highest BCUT2D eigenvalue weighted by Gasteiger charge is 2.25. The van der Waals surface area contributed by atoms with E-state index in [4.69, 9.17) is 4.42 Å². The molecule has 3 aromatic heterocycles. The molecule has 0 bridgehead atoms. The van der Waals surface area contributed by atoms with Gasteiger partial charge in [-0.05, 0) is 29.7 Å². The third-order valence-electron chi connectivity index (χ3n) is 3.03. The van der Waals surface area contributed by atoms with Crippen molar-refractivity contribution in [2.24, 2.45) is 0 Å². The van der Waals surface area contributed by atoms with Crippen LogP contribution in [0.4, 0.5) is 5.95 Å². The van der Waals surface area contributed by atoms with E-state index in [-0.39, 0.29) is 6.04 Å². The number of fused-ring (bicyclic) bond motifs is 1. The molecule has 94 valence electrons. The molecule has 4 heterocycles. The molecule has 6 heteroatoms. The van der Waals surface area contributed by atoms with Gasteiger partial charge < -0.3 is 9.73 Å². The van der Waals surface area contributed by atoms with Crippen LogP contribution in [0.1, 0.15) is 16.7 Å². The molecule has 0 aliphatic carbocycles. The number of thiophene rings is 1. The first-order valence-electron chi connectivity index (χ1n) is 5.87. The van der Waals surface area contributed by atoms with Gasteiger partial charge in [-0.3, -0.25) is 0 Å². The number of allylic oxidation sites excluding steroid dienone is 1. The zero-order valence-electron chi connectivity index (χ0n) is 9.85. The third kappa shape index (κ3) is 1.68. The zero-order chi connectivity index (χ0) is 12.7. The molecule has 0 fully saturated rings. The van der Waals surface area contributed by atoms with Gasteiger partial charge in [0.15, 0.2) is 0 Å². The van der Waals surface area contributed by atoms with E-state index in [0.29, 0.717) is 0 Å². The topological polar surface area (TPSA) is 55.9 Å². The van der Waals surface area contributed by atoms with E-state index in [2.05, 4.69) is 32.9 Å². The fourth-order valence-electron chi connectivity index (χ4n) is 2.17. The highest BCUT2D eigenvalue weighted by Crippen LogP contribution is 2.33. The van der Waals surface area contributed by atoms with E-state index in [9.17, 15) is 0 Å². The van der Waals surface area contributed by atoms with Crippen molar-refractivity contribution in [3.05, 3.63) is 58.9 Å². The van der Waals surface area contributed by atoms with Gasteiger partial charge in [0.2, 0.25) is 5.95 Å². The average Bonchev–Trinajstić information content (AvgIpc) is 3.18. The molecule has 3 aromatic rings. The average molecular weight is 270 g/mol. The molecule has 0 amide bonds. The minimum Gasteiger partial charge on any atom is -0.467 e. The van der Waals surface area contributed by atoms with Crippen LogP contribution in [-0.2, 0) is 0 Å². The van der Waals surface area contributed by atoms with Crippen molar-refractivity contribution in [2.45, 2.75) is 6.04 Å². The maximum atomic E-state index is 5.51. The largest absolute Gasteiger partial charge is 0.467 e. The number of aromatic nitrogens is 3. The second kappa shape index (κ2) is 4.10. The van der Waals surface area contributed by atoms with Crippen LogP contribution in [0.3, 0.4) is 0 Å². The SMILES string of the molecule is C1=C(c2cccs2)Nc2ncnn2[C@@H]1c1ccco1. The summed E-state index contributed by atoms with van der Waals surface area (Å²) in [5, 5.41) is 9.60. The van der Waals surface area contributed by atoms with Crippen molar-refractivity contribution in [2.75, 3.05) is 5.32 Å². The molecule has 19 heavy (non-hydrogen) atoms. The lowest BCUT2D eigenvalue weighted by molar-refractivity contribution is 0.448. The first-order valence-corrected chi connectivity index (χ1v) is 6.75. The lowest BCUT2D eigenvalue weighted by Gasteiger charge is -2.21. The Morgan fingerprint density at radius 2 is 2.32 bits per heavy atom. The molecule has 1 aliphatic heterocycles. The summed E-state index contributed by atoms with van der Waals surface area (Å²) in [6, 6.07) is 7.88. The Bertz CT molecular complexity index is 712. The van der Waals surface area contributed by atoms with E-state index >= 15 is 0 Å². The van der Waals surface area contributed by atoms with E-state index < -0.39 is 0 Å². The molecule has 0 spiro atoms. The van der Waals surface area contributed by atoms with Gasteiger partial charge in [0.1, 0.15) is 18.1 Å². The normalized spacial score (nSPS) is 17.7. The van der Waals surface area contributed by atoms with Crippen LogP contribution in [0.5, 0.6) is 0 Å². The van der Waals surface area contributed by atoms with E-state index in [0.717, 1.165) is 17.4 Å².